The molecule has 1 amide bonds. The normalized spacial score (nSPS) is 17.1. The quantitative estimate of drug-likeness (QED) is 0.179. The second-order valence-electron chi connectivity index (χ2n) is 11.4. The lowest BCUT2D eigenvalue weighted by Gasteiger charge is -2.39. The molecule has 2 unspecified atom stereocenters. The first-order valence-electron chi connectivity index (χ1n) is 15.1. The standard InChI is InChI=1S/C36H38N6O/c1-24-9-8-10-25(2)42(24)23-26-15-16-29(22-37)33(21-26)39-35(43)28-17-19-30(20-18-28)38-36-40-32-14-7-6-13-31(32)34(41-36)27-11-4-3-5-12-27/h3-7,11-21,24-25H,8-10,22-23,37H2,1-2H3,(H,39,43)(H,38,40,41). The number of piperidine rings is 1. The van der Waals surface area contributed by atoms with Crippen molar-refractivity contribution in [3.8, 4) is 11.3 Å². The smallest absolute Gasteiger partial charge is 0.255 e. The molecule has 1 aliphatic rings. The van der Waals surface area contributed by atoms with Crippen molar-refractivity contribution in [3.63, 3.8) is 0 Å². The van der Waals surface area contributed by atoms with Crippen LogP contribution in [0, 0.1) is 0 Å². The minimum Gasteiger partial charge on any atom is -0.326 e. The van der Waals surface area contributed by atoms with Gasteiger partial charge in [0.05, 0.1) is 11.2 Å². The molecule has 4 aromatic carbocycles. The maximum absolute atomic E-state index is 13.3. The third-order valence-corrected chi connectivity index (χ3v) is 8.44. The van der Waals surface area contributed by atoms with Gasteiger partial charge in [0.25, 0.3) is 5.91 Å². The number of rotatable bonds is 8. The fourth-order valence-corrected chi connectivity index (χ4v) is 5.99. The van der Waals surface area contributed by atoms with Crippen molar-refractivity contribution in [2.45, 2.75) is 58.3 Å². The lowest BCUT2D eigenvalue weighted by Crippen LogP contribution is -2.42. The van der Waals surface area contributed by atoms with Crippen LogP contribution in [0.25, 0.3) is 22.2 Å². The number of fused-ring (bicyclic) bond motifs is 1. The van der Waals surface area contributed by atoms with Crippen LogP contribution in [0.5, 0.6) is 0 Å². The Hall–Kier alpha value is -4.59. The molecule has 7 nitrogen and oxygen atoms in total. The summed E-state index contributed by atoms with van der Waals surface area (Å²) in [6.45, 7) is 5.82. The van der Waals surface area contributed by atoms with Crippen molar-refractivity contribution >= 4 is 34.1 Å². The molecule has 5 aromatic rings. The first-order valence-corrected chi connectivity index (χ1v) is 15.1. The van der Waals surface area contributed by atoms with Crippen LogP contribution in [0.15, 0.2) is 97.1 Å². The molecule has 1 aliphatic heterocycles. The number of nitrogens with two attached hydrogens (primary N) is 1. The Morgan fingerprint density at radius 1 is 0.884 bits per heavy atom. The van der Waals surface area contributed by atoms with Gasteiger partial charge in [-0.1, -0.05) is 67.1 Å². The number of carbonyl (C=O) groups is 1. The highest BCUT2D eigenvalue weighted by Gasteiger charge is 2.24. The molecule has 6 rings (SSSR count). The molecule has 7 heteroatoms. The van der Waals surface area contributed by atoms with Gasteiger partial charge in [-0.15, -0.1) is 0 Å². The fourth-order valence-electron chi connectivity index (χ4n) is 5.99. The largest absolute Gasteiger partial charge is 0.326 e. The van der Waals surface area contributed by atoms with Gasteiger partial charge in [-0.2, -0.15) is 0 Å². The highest BCUT2D eigenvalue weighted by Crippen LogP contribution is 2.29. The van der Waals surface area contributed by atoms with Crippen LogP contribution in [0.4, 0.5) is 17.3 Å². The van der Waals surface area contributed by atoms with Crippen LogP contribution >= 0.6 is 0 Å². The average molecular weight is 571 g/mol. The van der Waals surface area contributed by atoms with E-state index in [0.717, 1.165) is 45.6 Å². The third-order valence-electron chi connectivity index (χ3n) is 8.44. The van der Waals surface area contributed by atoms with E-state index in [4.69, 9.17) is 15.7 Å². The summed E-state index contributed by atoms with van der Waals surface area (Å²) in [6, 6.07) is 32.8. The number of hydrogen-bond donors (Lipinski definition) is 3. The number of amides is 1. The van der Waals surface area contributed by atoms with E-state index in [0.29, 0.717) is 30.1 Å². The van der Waals surface area contributed by atoms with Crippen molar-refractivity contribution in [1.29, 1.82) is 0 Å². The van der Waals surface area contributed by atoms with Gasteiger partial charge in [0, 0.05) is 53.1 Å². The Morgan fingerprint density at radius 2 is 1.60 bits per heavy atom. The first kappa shape index (κ1) is 28.5. The minimum atomic E-state index is -0.175. The monoisotopic (exact) mass is 570 g/mol. The van der Waals surface area contributed by atoms with Crippen molar-refractivity contribution < 1.29 is 4.79 Å². The van der Waals surface area contributed by atoms with Gasteiger partial charge < -0.3 is 16.4 Å². The lowest BCUT2D eigenvalue weighted by atomic mass is 9.96. The highest BCUT2D eigenvalue weighted by atomic mass is 16.1. The summed E-state index contributed by atoms with van der Waals surface area (Å²) in [7, 11) is 0. The minimum absolute atomic E-state index is 0.175. The molecule has 1 aromatic heterocycles. The molecule has 43 heavy (non-hydrogen) atoms. The second kappa shape index (κ2) is 12.7. The maximum atomic E-state index is 13.3. The molecule has 0 spiro atoms. The van der Waals surface area contributed by atoms with E-state index >= 15 is 0 Å². The van der Waals surface area contributed by atoms with Crippen LogP contribution in [0.1, 0.15) is 54.6 Å². The average Bonchev–Trinajstić information content (AvgIpc) is 3.03. The number of nitrogens with zero attached hydrogens (tertiary/aromatic N) is 3. The number of carbonyl (C=O) groups excluding carboxylic acids is 1. The van der Waals surface area contributed by atoms with Crippen molar-refractivity contribution in [1.82, 2.24) is 14.9 Å². The van der Waals surface area contributed by atoms with Gasteiger partial charge in [-0.25, -0.2) is 9.97 Å². The zero-order valence-corrected chi connectivity index (χ0v) is 24.8. The molecule has 0 saturated carbocycles. The lowest BCUT2D eigenvalue weighted by molar-refractivity contribution is 0.0952. The van der Waals surface area contributed by atoms with E-state index < -0.39 is 0 Å². The Morgan fingerprint density at radius 3 is 2.35 bits per heavy atom. The maximum Gasteiger partial charge on any atom is 0.255 e. The molecule has 1 fully saturated rings. The highest BCUT2D eigenvalue weighted by molar-refractivity contribution is 6.05. The second-order valence-corrected chi connectivity index (χ2v) is 11.4. The van der Waals surface area contributed by atoms with E-state index in [1.54, 1.807) is 12.1 Å². The Kier molecular flexibility index (Phi) is 8.45. The van der Waals surface area contributed by atoms with Crippen LogP contribution in [0.2, 0.25) is 0 Å². The zero-order valence-electron chi connectivity index (χ0n) is 24.8. The number of hydrogen-bond acceptors (Lipinski definition) is 6. The van der Waals surface area contributed by atoms with E-state index in [1.807, 2.05) is 72.8 Å². The molecule has 0 radical (unpaired) electrons. The third kappa shape index (κ3) is 6.43. The van der Waals surface area contributed by atoms with Gasteiger partial charge in [0.1, 0.15) is 0 Å². The number of likely N-dealkylation sites (tertiary alicyclic amines) is 1. The Balaban J connectivity index is 1.18. The zero-order chi connectivity index (χ0) is 29.8. The topological polar surface area (TPSA) is 96.2 Å². The van der Waals surface area contributed by atoms with Gasteiger partial charge in [0.15, 0.2) is 0 Å². The number of benzene rings is 4. The van der Waals surface area contributed by atoms with Crippen LogP contribution < -0.4 is 16.4 Å². The Bertz CT molecular complexity index is 1710. The molecule has 0 bridgehead atoms. The molecule has 218 valence electrons. The molecular weight excluding hydrogens is 532 g/mol. The van der Waals surface area contributed by atoms with Gasteiger partial charge >= 0.3 is 0 Å². The van der Waals surface area contributed by atoms with Crippen LogP contribution in [-0.4, -0.2) is 32.9 Å². The number of aromatic nitrogens is 2. The van der Waals surface area contributed by atoms with Crippen molar-refractivity contribution in [3.05, 3.63) is 114 Å². The van der Waals surface area contributed by atoms with Crippen molar-refractivity contribution in [2.75, 3.05) is 10.6 Å². The summed E-state index contributed by atoms with van der Waals surface area (Å²) in [5.41, 5.74) is 13.0. The molecule has 0 aliphatic carbocycles. The van der Waals surface area contributed by atoms with Crippen LogP contribution in [-0.2, 0) is 13.1 Å². The molecule has 2 atom stereocenters. The predicted octanol–water partition coefficient (Wildman–Crippen LogP) is 7.51. The van der Waals surface area contributed by atoms with E-state index in [-0.39, 0.29) is 5.91 Å². The van der Waals surface area contributed by atoms with Gasteiger partial charge in [-0.05, 0) is 74.2 Å². The predicted molar refractivity (Wildman–Crippen MR) is 175 cm³/mol. The summed E-state index contributed by atoms with van der Waals surface area (Å²) in [6.07, 6.45) is 3.73. The number of anilines is 3. The summed E-state index contributed by atoms with van der Waals surface area (Å²) >= 11 is 0. The molecule has 4 N–H and O–H groups in total. The van der Waals surface area contributed by atoms with Gasteiger partial charge in [0.2, 0.25) is 5.95 Å². The molecular formula is C36H38N6O. The number of nitrogens with one attached hydrogen (secondary N) is 2. The number of para-hydroxylation sites is 1. The fraction of sp³-hybridized carbons (Fsp3) is 0.250. The summed E-state index contributed by atoms with van der Waals surface area (Å²) in [5, 5.41) is 7.42. The van der Waals surface area contributed by atoms with Crippen molar-refractivity contribution in [2.24, 2.45) is 5.73 Å². The van der Waals surface area contributed by atoms with E-state index in [1.165, 1.54) is 24.8 Å². The molecule has 2 heterocycles. The summed E-state index contributed by atoms with van der Waals surface area (Å²) in [4.78, 5) is 25.4. The molecule has 1 saturated heterocycles. The SMILES string of the molecule is CC1CCCC(C)N1Cc1ccc(CN)c(NC(=O)c2ccc(Nc3nc(-c4ccccc4)c4ccccc4n3)cc2)c1. The van der Waals surface area contributed by atoms with Gasteiger partial charge in [-0.3, -0.25) is 9.69 Å². The summed E-state index contributed by atoms with van der Waals surface area (Å²) in [5.74, 6) is 0.322. The van der Waals surface area contributed by atoms with Crippen LogP contribution in [0.3, 0.4) is 0 Å². The van der Waals surface area contributed by atoms with E-state index in [2.05, 4.69) is 41.5 Å². The Labute approximate surface area is 253 Å². The summed E-state index contributed by atoms with van der Waals surface area (Å²) < 4.78 is 0. The first-order chi connectivity index (χ1) is 21.0. The van der Waals surface area contributed by atoms with E-state index in [9.17, 15) is 4.79 Å².